The summed E-state index contributed by atoms with van der Waals surface area (Å²) >= 11 is 0. The van der Waals surface area contributed by atoms with Gasteiger partial charge in [0.2, 0.25) is 5.95 Å². The van der Waals surface area contributed by atoms with E-state index in [-0.39, 0.29) is 0 Å². The monoisotopic (exact) mass is 715 g/mol. The molecule has 0 bridgehead atoms. The van der Waals surface area contributed by atoms with Crippen molar-refractivity contribution in [2.45, 2.75) is 0 Å². The van der Waals surface area contributed by atoms with Crippen molar-refractivity contribution >= 4 is 43.6 Å². The van der Waals surface area contributed by atoms with Crippen LogP contribution in [0.2, 0.25) is 0 Å². The molecule has 0 aliphatic rings. The van der Waals surface area contributed by atoms with Gasteiger partial charge in [0.15, 0.2) is 11.6 Å². The topological polar surface area (TPSA) is 48.5 Å². The smallest absolute Gasteiger partial charge is 0.238 e. The number of rotatable bonds is 6. The lowest BCUT2D eigenvalue weighted by molar-refractivity contribution is 0.953. The molecule has 0 saturated heterocycles. The molecule has 0 N–H and O–H groups in total. The molecule has 0 aliphatic carbocycles. The summed E-state index contributed by atoms with van der Waals surface area (Å²) in [5.74, 6) is 1.86. The first-order chi connectivity index (χ1) is 27.8. The van der Waals surface area contributed by atoms with Crippen molar-refractivity contribution in [3.63, 3.8) is 0 Å². The molecule has 11 aromatic rings. The predicted octanol–water partition coefficient (Wildman–Crippen LogP) is 12.7. The highest BCUT2D eigenvalue weighted by atomic mass is 15.2. The molecule has 0 unspecified atom stereocenters. The Labute approximate surface area is 323 Å². The molecule has 0 radical (unpaired) electrons. The predicted molar refractivity (Wildman–Crippen MR) is 230 cm³/mol. The van der Waals surface area contributed by atoms with Crippen LogP contribution in [0, 0.1) is 0 Å². The molecular formula is C51H33N5. The average Bonchev–Trinajstić information content (AvgIpc) is 3.79. The number of benzene rings is 8. The highest BCUT2D eigenvalue weighted by Gasteiger charge is 2.19. The quantitative estimate of drug-likeness (QED) is 0.172. The van der Waals surface area contributed by atoms with E-state index >= 15 is 0 Å². The summed E-state index contributed by atoms with van der Waals surface area (Å²) in [7, 11) is 0. The van der Waals surface area contributed by atoms with Gasteiger partial charge < -0.3 is 4.57 Å². The molecule has 0 spiro atoms. The molecule has 0 aliphatic heterocycles. The van der Waals surface area contributed by atoms with Crippen LogP contribution in [0.3, 0.4) is 0 Å². The Morgan fingerprint density at radius 3 is 1.36 bits per heavy atom. The normalized spacial score (nSPS) is 11.6. The van der Waals surface area contributed by atoms with Crippen LogP contribution in [0.5, 0.6) is 0 Å². The van der Waals surface area contributed by atoms with E-state index in [4.69, 9.17) is 15.0 Å². The SMILES string of the molecule is c1ccc(-c2ccc3c4ccccc4n(-c4ccc(-c5ccc6c(c5)c5ccccc5n6-c5nc(-c6ccccc6)nc(-c6ccccc6)n5)cc4)c3c2)cc1. The molecule has 0 atom stereocenters. The van der Waals surface area contributed by atoms with Crippen LogP contribution in [-0.4, -0.2) is 24.1 Å². The molecular weight excluding hydrogens is 683 g/mol. The zero-order valence-corrected chi connectivity index (χ0v) is 30.3. The van der Waals surface area contributed by atoms with Gasteiger partial charge in [-0.2, -0.15) is 9.97 Å². The van der Waals surface area contributed by atoms with E-state index in [1.807, 2.05) is 60.7 Å². The molecule has 0 saturated carbocycles. The average molecular weight is 716 g/mol. The second kappa shape index (κ2) is 13.0. The third-order valence-corrected chi connectivity index (χ3v) is 10.8. The first kappa shape index (κ1) is 31.9. The Kier molecular flexibility index (Phi) is 7.42. The molecule has 0 amide bonds. The molecule has 5 heteroatoms. The van der Waals surface area contributed by atoms with Crippen LogP contribution >= 0.6 is 0 Å². The second-order valence-electron chi connectivity index (χ2n) is 14.1. The van der Waals surface area contributed by atoms with Crippen molar-refractivity contribution in [3.8, 4) is 56.7 Å². The number of hydrogen-bond donors (Lipinski definition) is 0. The van der Waals surface area contributed by atoms with Crippen molar-refractivity contribution < 1.29 is 0 Å². The summed E-state index contributed by atoms with van der Waals surface area (Å²) in [5, 5.41) is 4.78. The number of nitrogens with zero attached hydrogens (tertiary/aromatic N) is 5. The van der Waals surface area contributed by atoms with E-state index in [0.29, 0.717) is 17.6 Å². The minimum Gasteiger partial charge on any atom is -0.309 e. The van der Waals surface area contributed by atoms with Gasteiger partial charge in [-0.25, -0.2) is 4.98 Å². The van der Waals surface area contributed by atoms with Crippen LogP contribution in [0.1, 0.15) is 0 Å². The second-order valence-corrected chi connectivity index (χ2v) is 14.1. The Morgan fingerprint density at radius 2 is 0.714 bits per heavy atom. The van der Waals surface area contributed by atoms with Crippen LogP contribution in [-0.2, 0) is 0 Å². The lowest BCUT2D eigenvalue weighted by atomic mass is 10.0. The van der Waals surface area contributed by atoms with Crippen LogP contribution in [0.4, 0.5) is 0 Å². The highest BCUT2D eigenvalue weighted by Crippen LogP contribution is 2.38. The van der Waals surface area contributed by atoms with Crippen molar-refractivity contribution in [1.29, 1.82) is 0 Å². The molecule has 3 heterocycles. The Hall–Kier alpha value is -7.63. The van der Waals surface area contributed by atoms with Gasteiger partial charge in [-0.15, -0.1) is 0 Å². The first-order valence-electron chi connectivity index (χ1n) is 18.9. The lowest BCUT2D eigenvalue weighted by Crippen LogP contribution is -2.06. The van der Waals surface area contributed by atoms with Crippen LogP contribution in [0.25, 0.3) is 100 Å². The minimum atomic E-state index is 0.586. The number of para-hydroxylation sites is 2. The number of hydrogen-bond acceptors (Lipinski definition) is 3. The van der Waals surface area contributed by atoms with Gasteiger partial charge >= 0.3 is 0 Å². The number of aromatic nitrogens is 5. The fraction of sp³-hybridized carbons (Fsp3) is 0. The van der Waals surface area contributed by atoms with E-state index in [1.165, 1.54) is 32.9 Å². The van der Waals surface area contributed by atoms with Gasteiger partial charge in [-0.3, -0.25) is 4.57 Å². The van der Waals surface area contributed by atoms with Gasteiger partial charge in [-0.1, -0.05) is 158 Å². The Balaban J connectivity index is 1.04. The molecule has 5 nitrogen and oxygen atoms in total. The zero-order valence-electron chi connectivity index (χ0n) is 30.3. The minimum absolute atomic E-state index is 0.586. The summed E-state index contributed by atoms with van der Waals surface area (Å²) in [6.07, 6.45) is 0. The first-order valence-corrected chi connectivity index (χ1v) is 18.9. The summed E-state index contributed by atoms with van der Waals surface area (Å²) in [6.45, 7) is 0. The van der Waals surface area contributed by atoms with Gasteiger partial charge in [0.25, 0.3) is 0 Å². The van der Waals surface area contributed by atoms with Crippen LogP contribution in [0.15, 0.2) is 200 Å². The van der Waals surface area contributed by atoms with E-state index in [2.05, 4.69) is 149 Å². The fourth-order valence-corrected chi connectivity index (χ4v) is 8.13. The summed E-state index contributed by atoms with van der Waals surface area (Å²) in [5.41, 5.74) is 12.2. The fourth-order valence-electron chi connectivity index (χ4n) is 8.13. The Bertz CT molecular complexity index is 3160. The van der Waals surface area contributed by atoms with E-state index in [0.717, 1.165) is 49.7 Å². The Morgan fingerprint density at radius 1 is 0.268 bits per heavy atom. The third kappa shape index (κ3) is 5.29. The maximum Gasteiger partial charge on any atom is 0.238 e. The summed E-state index contributed by atoms with van der Waals surface area (Å²) in [6, 6.07) is 70.5. The molecule has 0 fully saturated rings. The standard InChI is InChI=1S/C51H33N5/c1-4-14-34(15-5-1)39-26-30-43-41-20-10-12-22-45(41)55(48(43)33-39)40-28-24-35(25-29-40)38-27-31-47-44(32-38)42-21-11-13-23-46(42)56(47)51-53-49(36-16-6-2-7-17-36)52-50(54-51)37-18-8-3-9-19-37/h1-33H. The molecule has 56 heavy (non-hydrogen) atoms. The molecule has 3 aromatic heterocycles. The van der Waals surface area contributed by atoms with Gasteiger partial charge in [-0.05, 0) is 64.7 Å². The van der Waals surface area contributed by atoms with Gasteiger partial charge in [0.1, 0.15) is 0 Å². The highest BCUT2D eigenvalue weighted by molar-refractivity contribution is 6.11. The van der Waals surface area contributed by atoms with Crippen molar-refractivity contribution in [2.75, 3.05) is 0 Å². The van der Waals surface area contributed by atoms with E-state index in [1.54, 1.807) is 0 Å². The summed E-state index contributed by atoms with van der Waals surface area (Å²) < 4.78 is 4.56. The van der Waals surface area contributed by atoms with Crippen molar-refractivity contribution in [1.82, 2.24) is 24.1 Å². The largest absolute Gasteiger partial charge is 0.309 e. The molecule has 8 aromatic carbocycles. The maximum atomic E-state index is 5.09. The zero-order chi connectivity index (χ0) is 37.0. The van der Waals surface area contributed by atoms with Crippen molar-refractivity contribution in [3.05, 3.63) is 200 Å². The van der Waals surface area contributed by atoms with Crippen molar-refractivity contribution in [2.24, 2.45) is 0 Å². The summed E-state index contributed by atoms with van der Waals surface area (Å²) in [4.78, 5) is 15.1. The lowest BCUT2D eigenvalue weighted by Gasteiger charge is -2.11. The maximum absolute atomic E-state index is 5.09. The third-order valence-electron chi connectivity index (χ3n) is 10.8. The van der Waals surface area contributed by atoms with Gasteiger partial charge in [0.05, 0.1) is 22.1 Å². The van der Waals surface area contributed by atoms with E-state index in [9.17, 15) is 0 Å². The van der Waals surface area contributed by atoms with Crippen LogP contribution < -0.4 is 0 Å². The molecule has 11 rings (SSSR count). The van der Waals surface area contributed by atoms with Gasteiger partial charge in [0, 0.05) is 38.4 Å². The number of fused-ring (bicyclic) bond motifs is 6. The molecule has 262 valence electrons. The van der Waals surface area contributed by atoms with E-state index < -0.39 is 0 Å².